The summed E-state index contributed by atoms with van der Waals surface area (Å²) in [6, 6.07) is 2.83. The lowest BCUT2D eigenvalue weighted by atomic mass is 9.99. The van der Waals surface area contributed by atoms with Gasteiger partial charge in [-0.1, -0.05) is 5.21 Å². The van der Waals surface area contributed by atoms with Crippen molar-refractivity contribution in [3.63, 3.8) is 0 Å². The van der Waals surface area contributed by atoms with Gasteiger partial charge in [0.15, 0.2) is 17.4 Å². The molecule has 0 bridgehead atoms. The van der Waals surface area contributed by atoms with E-state index in [0.29, 0.717) is 25.3 Å². The summed E-state index contributed by atoms with van der Waals surface area (Å²) in [5.41, 5.74) is 1.57. The van der Waals surface area contributed by atoms with Crippen molar-refractivity contribution >= 4 is 0 Å². The Hall–Kier alpha value is -2.06. The predicted molar refractivity (Wildman–Crippen MR) is 80.4 cm³/mol. The van der Waals surface area contributed by atoms with Crippen molar-refractivity contribution in [2.24, 2.45) is 0 Å². The van der Waals surface area contributed by atoms with Gasteiger partial charge >= 0.3 is 0 Å². The van der Waals surface area contributed by atoms with E-state index in [1.54, 1.807) is 6.20 Å². The molecule has 3 heterocycles. The van der Waals surface area contributed by atoms with Crippen molar-refractivity contribution < 1.29 is 18.3 Å². The third-order valence-electron chi connectivity index (χ3n) is 4.69. The Kier molecular flexibility index (Phi) is 3.93. The first-order valence-corrected chi connectivity index (χ1v) is 7.90. The summed E-state index contributed by atoms with van der Waals surface area (Å²) >= 11 is 0. The average molecular weight is 336 g/mol. The third kappa shape index (κ3) is 2.65. The molecule has 1 aromatic heterocycles. The summed E-state index contributed by atoms with van der Waals surface area (Å²) in [7, 11) is 1.25. The van der Waals surface area contributed by atoms with E-state index in [-0.39, 0.29) is 17.9 Å². The van der Waals surface area contributed by atoms with Gasteiger partial charge in [-0.3, -0.25) is 4.90 Å². The summed E-state index contributed by atoms with van der Waals surface area (Å²) in [5.74, 6) is -1.70. The summed E-state index contributed by atoms with van der Waals surface area (Å²) in [5, 5.41) is 8.09. The molecule has 1 aromatic carbocycles. The number of ether oxygens (including phenoxy) is 2. The molecular weight excluding hydrogens is 318 g/mol. The lowest BCUT2D eigenvalue weighted by molar-refractivity contribution is -0.0704. The minimum absolute atomic E-state index is 0.0147. The second-order valence-corrected chi connectivity index (χ2v) is 6.20. The number of methoxy groups -OCH3 is 1. The van der Waals surface area contributed by atoms with Crippen LogP contribution in [-0.2, 0) is 17.9 Å². The van der Waals surface area contributed by atoms with Crippen molar-refractivity contribution in [1.29, 1.82) is 0 Å². The van der Waals surface area contributed by atoms with Gasteiger partial charge in [-0.15, -0.1) is 5.10 Å². The van der Waals surface area contributed by atoms with E-state index in [1.807, 2.05) is 4.68 Å². The highest BCUT2D eigenvalue weighted by Gasteiger charge is 2.36. The van der Waals surface area contributed by atoms with Crippen molar-refractivity contribution in [2.75, 3.05) is 20.2 Å². The Morgan fingerprint density at radius 1 is 1.33 bits per heavy atom. The molecule has 2 aliphatic rings. The Balaban J connectivity index is 1.47. The molecule has 2 aliphatic heterocycles. The number of nitrogens with zero attached hydrogens (tertiary/aromatic N) is 4. The van der Waals surface area contributed by atoms with Gasteiger partial charge in [0.2, 0.25) is 0 Å². The number of aromatic nitrogens is 3. The number of benzene rings is 1. The predicted octanol–water partition coefficient (Wildman–Crippen LogP) is 1.91. The molecule has 24 heavy (non-hydrogen) atoms. The first-order valence-electron chi connectivity index (χ1n) is 7.90. The molecule has 4 rings (SSSR count). The van der Waals surface area contributed by atoms with E-state index in [4.69, 9.17) is 9.47 Å². The number of rotatable bonds is 3. The molecule has 0 N–H and O–H groups in total. The van der Waals surface area contributed by atoms with Gasteiger partial charge in [0, 0.05) is 19.6 Å². The Morgan fingerprint density at radius 2 is 2.12 bits per heavy atom. The largest absolute Gasteiger partial charge is 0.491 e. The zero-order valence-electron chi connectivity index (χ0n) is 13.3. The minimum Gasteiger partial charge on any atom is -0.491 e. The van der Waals surface area contributed by atoms with Gasteiger partial charge < -0.3 is 9.47 Å². The molecular formula is C16H18F2N4O2. The van der Waals surface area contributed by atoms with E-state index in [1.165, 1.54) is 19.2 Å². The van der Waals surface area contributed by atoms with E-state index in [9.17, 15) is 8.78 Å². The fourth-order valence-corrected chi connectivity index (χ4v) is 3.55. The molecule has 8 heteroatoms. The van der Waals surface area contributed by atoms with Crippen LogP contribution in [0.4, 0.5) is 8.78 Å². The molecule has 0 saturated carbocycles. The van der Waals surface area contributed by atoms with Crippen molar-refractivity contribution in [3.8, 4) is 5.75 Å². The fourth-order valence-electron chi connectivity index (χ4n) is 3.55. The quantitative estimate of drug-likeness (QED) is 0.857. The molecule has 1 saturated heterocycles. The van der Waals surface area contributed by atoms with E-state index in [2.05, 4.69) is 15.2 Å². The standard InChI is InChI=1S/C16H18F2N4O2/c1-23-16-12(17)4-10(5-13(16)18)7-21-3-2-14-15(8-21)24-9-11-6-19-20-22(11)14/h4-6,14-15H,2-3,7-9H2,1H3/t14-,15-/m0/s1. The normalized spacial score (nSPS) is 23.6. The minimum atomic E-state index is -0.677. The van der Waals surface area contributed by atoms with E-state index < -0.39 is 11.6 Å². The highest BCUT2D eigenvalue weighted by Crippen LogP contribution is 2.31. The molecule has 2 aromatic rings. The molecule has 0 unspecified atom stereocenters. The second-order valence-electron chi connectivity index (χ2n) is 6.20. The highest BCUT2D eigenvalue weighted by molar-refractivity contribution is 5.31. The molecule has 1 fully saturated rings. The fraction of sp³-hybridized carbons (Fsp3) is 0.500. The van der Waals surface area contributed by atoms with Crippen LogP contribution in [-0.4, -0.2) is 46.2 Å². The van der Waals surface area contributed by atoms with Crippen LogP contribution in [0.2, 0.25) is 0 Å². The maximum atomic E-state index is 13.8. The van der Waals surface area contributed by atoms with Crippen LogP contribution >= 0.6 is 0 Å². The van der Waals surface area contributed by atoms with Crippen molar-refractivity contribution in [2.45, 2.75) is 31.7 Å². The SMILES string of the molecule is COc1c(F)cc(CN2CC[C@H]3[C@H](C2)OCc2cnnn23)cc1F. The maximum Gasteiger partial charge on any atom is 0.190 e. The molecule has 0 radical (unpaired) electrons. The Morgan fingerprint density at radius 3 is 2.88 bits per heavy atom. The zero-order chi connectivity index (χ0) is 16.7. The van der Waals surface area contributed by atoms with Crippen LogP contribution in [0.25, 0.3) is 0 Å². The first kappa shape index (κ1) is 15.5. The van der Waals surface area contributed by atoms with E-state index in [0.717, 1.165) is 18.7 Å². The van der Waals surface area contributed by atoms with E-state index >= 15 is 0 Å². The topological polar surface area (TPSA) is 52.4 Å². The van der Waals surface area contributed by atoms with Crippen LogP contribution in [0.15, 0.2) is 18.3 Å². The van der Waals surface area contributed by atoms with Gasteiger partial charge in [-0.05, 0) is 24.1 Å². The van der Waals surface area contributed by atoms with Crippen LogP contribution in [0.5, 0.6) is 5.75 Å². The molecule has 2 atom stereocenters. The maximum absolute atomic E-state index is 13.8. The summed E-state index contributed by atoms with van der Waals surface area (Å²) in [6.07, 6.45) is 2.61. The average Bonchev–Trinajstić information content (AvgIpc) is 3.03. The number of hydrogen-bond acceptors (Lipinski definition) is 5. The number of likely N-dealkylation sites (tertiary alicyclic amines) is 1. The van der Waals surface area contributed by atoms with Gasteiger partial charge in [0.05, 0.1) is 37.8 Å². The number of fused-ring (bicyclic) bond motifs is 3. The van der Waals surface area contributed by atoms with Gasteiger partial charge in [-0.25, -0.2) is 13.5 Å². The van der Waals surface area contributed by atoms with Crippen LogP contribution in [0.3, 0.4) is 0 Å². The van der Waals surface area contributed by atoms with Gasteiger partial charge in [0.1, 0.15) is 0 Å². The molecule has 0 amide bonds. The second kappa shape index (κ2) is 6.10. The van der Waals surface area contributed by atoms with Crippen LogP contribution in [0.1, 0.15) is 23.7 Å². The zero-order valence-corrected chi connectivity index (χ0v) is 13.3. The Bertz CT molecular complexity index is 728. The smallest absolute Gasteiger partial charge is 0.190 e. The molecule has 0 spiro atoms. The summed E-state index contributed by atoms with van der Waals surface area (Å²) < 4.78 is 40.2. The highest BCUT2D eigenvalue weighted by atomic mass is 19.1. The first-order chi connectivity index (χ1) is 11.7. The van der Waals surface area contributed by atoms with Gasteiger partial charge in [-0.2, -0.15) is 0 Å². The number of halogens is 2. The Labute approximate surface area is 138 Å². The van der Waals surface area contributed by atoms with Gasteiger partial charge in [0.25, 0.3) is 0 Å². The lowest BCUT2D eigenvalue weighted by Crippen LogP contribution is -2.48. The molecule has 128 valence electrons. The lowest BCUT2D eigenvalue weighted by Gasteiger charge is -2.41. The molecule has 0 aliphatic carbocycles. The summed E-state index contributed by atoms with van der Waals surface area (Å²) in [6.45, 7) is 2.46. The van der Waals surface area contributed by atoms with Crippen LogP contribution < -0.4 is 4.74 Å². The van der Waals surface area contributed by atoms with Crippen molar-refractivity contribution in [3.05, 3.63) is 41.2 Å². The number of piperidine rings is 1. The molecule has 6 nitrogen and oxygen atoms in total. The monoisotopic (exact) mass is 336 g/mol. The third-order valence-corrected chi connectivity index (χ3v) is 4.69. The number of hydrogen-bond donors (Lipinski definition) is 0. The van der Waals surface area contributed by atoms with Crippen molar-refractivity contribution in [1.82, 2.24) is 19.9 Å². The van der Waals surface area contributed by atoms with Crippen LogP contribution in [0, 0.1) is 11.6 Å². The summed E-state index contributed by atoms with van der Waals surface area (Å²) in [4.78, 5) is 2.14.